The molecule has 4 unspecified atom stereocenters. The summed E-state index contributed by atoms with van der Waals surface area (Å²) in [5, 5.41) is 7.19. The molecule has 0 spiro atoms. The number of sulfone groups is 1. The fourth-order valence-corrected chi connectivity index (χ4v) is 7.56. The van der Waals surface area contributed by atoms with Crippen LogP contribution in [0.4, 0.5) is 20.4 Å². The summed E-state index contributed by atoms with van der Waals surface area (Å²) in [5.41, 5.74) is 8.84. The Hall–Kier alpha value is -3.48. The number of rotatable bonds is 8. The Balaban J connectivity index is 1.45. The molecule has 0 saturated heterocycles. The van der Waals surface area contributed by atoms with Gasteiger partial charge in [0, 0.05) is 18.5 Å². The Morgan fingerprint density at radius 3 is 2.54 bits per heavy atom. The van der Waals surface area contributed by atoms with Crippen molar-refractivity contribution >= 4 is 27.0 Å². The van der Waals surface area contributed by atoms with Crippen LogP contribution >= 0.6 is 0 Å². The van der Waals surface area contributed by atoms with Crippen molar-refractivity contribution in [1.29, 1.82) is 0 Å². The van der Waals surface area contributed by atoms with E-state index in [1.54, 1.807) is 30.7 Å². The maximum absolute atomic E-state index is 15.1. The van der Waals surface area contributed by atoms with Crippen LogP contribution in [0.2, 0.25) is 0 Å². The largest absolute Gasteiger partial charge is 0.374 e. The first-order valence-corrected chi connectivity index (χ1v) is 15.5. The summed E-state index contributed by atoms with van der Waals surface area (Å²) in [5.74, 6) is -1.26. The molecular weight excluding hydrogens is 550 g/mol. The lowest BCUT2D eigenvalue weighted by Crippen LogP contribution is -2.48. The number of hydrogen-bond acceptors (Lipinski definition) is 8. The van der Waals surface area contributed by atoms with Crippen LogP contribution in [-0.2, 0) is 21.2 Å². The summed E-state index contributed by atoms with van der Waals surface area (Å²) in [4.78, 5) is 8.70. The predicted molar refractivity (Wildman–Crippen MR) is 154 cm³/mol. The minimum Gasteiger partial charge on any atom is -0.374 e. The molecule has 4 atom stereocenters. The van der Waals surface area contributed by atoms with Crippen LogP contribution in [0.25, 0.3) is 16.8 Å². The molecular formula is C29H34F2N6O3S. The van der Waals surface area contributed by atoms with Crippen LogP contribution in [0, 0.1) is 17.6 Å². The molecule has 3 N–H and O–H groups in total. The van der Waals surface area contributed by atoms with Crippen molar-refractivity contribution in [3.05, 3.63) is 71.7 Å². The SMILES string of the molecule is CC(C)OCc1cc(F)c(-c2ccc3cnc(Nc4cnccc4C4CC(C)C(S(C)(=O)=O)C(N)C4)n3n2)c(F)c1. The van der Waals surface area contributed by atoms with Gasteiger partial charge in [-0.2, -0.15) is 9.61 Å². The van der Waals surface area contributed by atoms with E-state index in [2.05, 4.69) is 20.4 Å². The maximum atomic E-state index is 15.1. The molecule has 4 aromatic rings. The zero-order valence-corrected chi connectivity index (χ0v) is 24.2. The Morgan fingerprint density at radius 1 is 1.15 bits per heavy atom. The average Bonchev–Trinajstić information content (AvgIpc) is 3.28. The van der Waals surface area contributed by atoms with E-state index in [1.165, 1.54) is 22.9 Å². The highest BCUT2D eigenvalue weighted by Gasteiger charge is 2.40. The fourth-order valence-electron chi connectivity index (χ4n) is 5.86. The van der Waals surface area contributed by atoms with Crippen LogP contribution in [0.5, 0.6) is 0 Å². The number of fused-ring (bicyclic) bond motifs is 1. The number of pyridine rings is 1. The van der Waals surface area contributed by atoms with Gasteiger partial charge in [-0.25, -0.2) is 22.2 Å². The van der Waals surface area contributed by atoms with Gasteiger partial charge in [0.1, 0.15) is 11.6 Å². The monoisotopic (exact) mass is 584 g/mol. The van der Waals surface area contributed by atoms with Crippen LogP contribution in [0.15, 0.2) is 48.9 Å². The number of halogens is 2. The lowest BCUT2D eigenvalue weighted by molar-refractivity contribution is 0.0654. The van der Waals surface area contributed by atoms with Gasteiger partial charge in [-0.1, -0.05) is 6.92 Å². The summed E-state index contributed by atoms with van der Waals surface area (Å²) >= 11 is 0. The number of ether oxygens (including phenoxy) is 1. The van der Waals surface area contributed by atoms with Crippen molar-refractivity contribution in [2.75, 3.05) is 11.6 Å². The van der Waals surface area contributed by atoms with E-state index in [1.807, 2.05) is 26.8 Å². The van der Waals surface area contributed by atoms with Crippen molar-refractivity contribution in [1.82, 2.24) is 19.6 Å². The number of nitrogens with two attached hydrogens (primary N) is 1. The first-order chi connectivity index (χ1) is 19.4. The van der Waals surface area contributed by atoms with E-state index in [0.717, 1.165) is 5.56 Å². The molecule has 5 rings (SSSR count). The number of hydrogen-bond donors (Lipinski definition) is 2. The van der Waals surface area contributed by atoms with Gasteiger partial charge < -0.3 is 15.8 Å². The Bertz CT molecular complexity index is 1640. The molecule has 0 aliphatic heterocycles. The highest BCUT2D eigenvalue weighted by atomic mass is 32.2. The molecule has 0 bridgehead atoms. The second kappa shape index (κ2) is 11.4. The number of benzene rings is 1. The van der Waals surface area contributed by atoms with Gasteiger partial charge in [0.25, 0.3) is 0 Å². The number of imidazole rings is 1. The van der Waals surface area contributed by atoms with Crippen LogP contribution in [-0.4, -0.2) is 51.7 Å². The third kappa shape index (κ3) is 6.09. The second-order valence-corrected chi connectivity index (χ2v) is 13.3. The molecule has 1 aliphatic rings. The summed E-state index contributed by atoms with van der Waals surface area (Å²) < 4.78 is 61.8. The van der Waals surface area contributed by atoms with E-state index >= 15 is 8.78 Å². The highest BCUT2D eigenvalue weighted by molar-refractivity contribution is 7.91. The second-order valence-electron chi connectivity index (χ2n) is 11.1. The van der Waals surface area contributed by atoms with Crippen LogP contribution in [0.1, 0.15) is 50.7 Å². The van der Waals surface area contributed by atoms with Crippen molar-refractivity contribution in [3.63, 3.8) is 0 Å². The molecule has 218 valence electrons. The van der Waals surface area contributed by atoms with Crippen molar-refractivity contribution in [3.8, 4) is 11.3 Å². The molecule has 3 aromatic heterocycles. The third-order valence-electron chi connectivity index (χ3n) is 7.56. The van der Waals surface area contributed by atoms with Crippen LogP contribution < -0.4 is 11.1 Å². The van der Waals surface area contributed by atoms with Gasteiger partial charge in [-0.15, -0.1) is 0 Å². The summed E-state index contributed by atoms with van der Waals surface area (Å²) in [7, 11) is -3.28. The minimum absolute atomic E-state index is 0.000344. The molecule has 1 aromatic carbocycles. The molecule has 1 saturated carbocycles. The summed E-state index contributed by atoms with van der Waals surface area (Å²) in [6.45, 7) is 5.72. The average molecular weight is 585 g/mol. The first-order valence-electron chi connectivity index (χ1n) is 13.5. The zero-order chi connectivity index (χ0) is 29.5. The molecule has 41 heavy (non-hydrogen) atoms. The Labute approximate surface area is 238 Å². The quantitative estimate of drug-likeness (QED) is 0.297. The van der Waals surface area contributed by atoms with Gasteiger partial charge in [0.05, 0.1) is 52.8 Å². The van der Waals surface area contributed by atoms with Gasteiger partial charge in [-0.3, -0.25) is 4.98 Å². The fraction of sp³-hybridized carbons (Fsp3) is 0.414. The van der Waals surface area contributed by atoms with Crippen molar-refractivity contribution in [2.24, 2.45) is 11.7 Å². The van der Waals surface area contributed by atoms with Gasteiger partial charge >= 0.3 is 0 Å². The topological polar surface area (TPSA) is 124 Å². The molecule has 9 nitrogen and oxygen atoms in total. The number of nitrogens with one attached hydrogen (secondary N) is 1. The maximum Gasteiger partial charge on any atom is 0.229 e. The first kappa shape index (κ1) is 29.0. The Kier molecular flexibility index (Phi) is 8.09. The highest BCUT2D eigenvalue weighted by Crippen LogP contribution is 2.41. The van der Waals surface area contributed by atoms with E-state index in [-0.39, 0.29) is 35.8 Å². The Morgan fingerprint density at radius 2 is 1.88 bits per heavy atom. The van der Waals surface area contributed by atoms with E-state index < -0.39 is 32.8 Å². The third-order valence-corrected chi connectivity index (χ3v) is 9.36. The molecule has 0 radical (unpaired) electrons. The lowest BCUT2D eigenvalue weighted by Gasteiger charge is -2.38. The number of nitrogens with zero attached hydrogens (tertiary/aromatic N) is 4. The van der Waals surface area contributed by atoms with Crippen LogP contribution in [0.3, 0.4) is 0 Å². The van der Waals surface area contributed by atoms with E-state index in [0.29, 0.717) is 35.6 Å². The van der Waals surface area contributed by atoms with Gasteiger partial charge in [-0.05, 0) is 80.0 Å². The van der Waals surface area contributed by atoms with Gasteiger partial charge in [0.15, 0.2) is 9.84 Å². The molecule has 1 aliphatic carbocycles. The van der Waals surface area contributed by atoms with Gasteiger partial charge in [0.2, 0.25) is 5.95 Å². The molecule has 0 amide bonds. The summed E-state index contributed by atoms with van der Waals surface area (Å²) in [6.07, 6.45) is 7.26. The lowest BCUT2D eigenvalue weighted by atomic mass is 9.76. The van der Waals surface area contributed by atoms with E-state index in [9.17, 15) is 8.42 Å². The molecule has 1 fully saturated rings. The smallest absolute Gasteiger partial charge is 0.229 e. The summed E-state index contributed by atoms with van der Waals surface area (Å²) in [6, 6.07) is 7.14. The van der Waals surface area contributed by atoms with Crippen molar-refractivity contribution in [2.45, 2.75) is 63.5 Å². The van der Waals surface area contributed by atoms with Crippen molar-refractivity contribution < 1.29 is 21.9 Å². The normalized spacial score (nSPS) is 21.5. The number of aromatic nitrogens is 4. The van der Waals surface area contributed by atoms with E-state index in [4.69, 9.17) is 10.5 Å². The molecule has 12 heteroatoms. The standard InChI is InChI=1S/C29H34F2N6O3S/c1-16(2)40-15-18-10-22(30)27(23(31)11-18)25-6-5-20-13-34-29(37(20)36-25)35-26-14-33-8-7-21(26)19-9-17(3)28(24(32)12-19)41(4,38)39/h5-8,10-11,13-14,16-17,19,24,28H,9,12,15,32H2,1-4H3,(H,34,35). The number of anilines is 2. The zero-order valence-electron chi connectivity index (χ0n) is 23.4. The predicted octanol–water partition coefficient (Wildman–Crippen LogP) is 4.99. The minimum atomic E-state index is -3.28. The molecule has 3 heterocycles.